The van der Waals surface area contributed by atoms with Crippen LogP contribution < -0.4 is 10.0 Å². The SMILES string of the molecule is CNCc1n[nH]c(C)c1S(=O)(=O)NCC1CCCCC1C. The Morgan fingerprint density at radius 3 is 2.71 bits per heavy atom. The minimum absolute atomic E-state index is 0.292. The van der Waals surface area contributed by atoms with E-state index in [-0.39, 0.29) is 0 Å². The molecule has 1 heterocycles. The lowest BCUT2D eigenvalue weighted by Gasteiger charge is -2.28. The average Bonchev–Trinajstić information content (AvgIpc) is 2.80. The second-order valence-corrected chi connectivity index (χ2v) is 7.73. The molecule has 0 radical (unpaired) electrons. The van der Waals surface area contributed by atoms with Crippen molar-refractivity contribution in [2.45, 2.75) is 51.0 Å². The molecule has 1 fully saturated rings. The van der Waals surface area contributed by atoms with Crippen LogP contribution in [0.4, 0.5) is 0 Å². The summed E-state index contributed by atoms with van der Waals surface area (Å²) in [6, 6.07) is 0. The Bertz CT molecular complexity index is 568. The highest BCUT2D eigenvalue weighted by Crippen LogP contribution is 2.29. The van der Waals surface area contributed by atoms with E-state index >= 15 is 0 Å². The summed E-state index contributed by atoms with van der Waals surface area (Å²) < 4.78 is 27.9. The predicted molar refractivity (Wildman–Crippen MR) is 82.4 cm³/mol. The van der Waals surface area contributed by atoms with Crippen LogP contribution >= 0.6 is 0 Å². The fourth-order valence-electron chi connectivity index (χ4n) is 3.10. The monoisotopic (exact) mass is 314 g/mol. The van der Waals surface area contributed by atoms with Crippen molar-refractivity contribution in [1.29, 1.82) is 0 Å². The van der Waals surface area contributed by atoms with Gasteiger partial charge in [-0.3, -0.25) is 5.10 Å². The lowest BCUT2D eigenvalue weighted by atomic mass is 9.81. The first kappa shape index (κ1) is 16.5. The molecule has 0 saturated heterocycles. The third kappa shape index (κ3) is 3.84. The Hall–Kier alpha value is -0.920. The van der Waals surface area contributed by atoms with E-state index in [0.29, 0.717) is 41.2 Å². The number of rotatable bonds is 6. The smallest absolute Gasteiger partial charge is 0.244 e. The fourth-order valence-corrected chi connectivity index (χ4v) is 4.55. The highest BCUT2D eigenvalue weighted by molar-refractivity contribution is 7.89. The summed E-state index contributed by atoms with van der Waals surface area (Å²) in [4.78, 5) is 0.292. The van der Waals surface area contributed by atoms with E-state index in [4.69, 9.17) is 0 Å². The molecule has 0 aromatic carbocycles. The van der Waals surface area contributed by atoms with Crippen molar-refractivity contribution in [3.05, 3.63) is 11.4 Å². The Kier molecular flexibility index (Phi) is 5.40. The molecule has 0 amide bonds. The van der Waals surface area contributed by atoms with E-state index in [0.717, 1.165) is 6.42 Å². The van der Waals surface area contributed by atoms with E-state index in [1.165, 1.54) is 19.3 Å². The van der Waals surface area contributed by atoms with E-state index in [9.17, 15) is 8.42 Å². The number of nitrogens with one attached hydrogen (secondary N) is 3. The van der Waals surface area contributed by atoms with Crippen LogP contribution in [0.15, 0.2) is 4.90 Å². The van der Waals surface area contributed by atoms with Crippen LogP contribution in [0, 0.1) is 18.8 Å². The minimum atomic E-state index is -3.51. The second-order valence-electron chi connectivity index (χ2n) is 6.03. The number of aromatic nitrogens is 2. The van der Waals surface area contributed by atoms with Crippen LogP contribution in [0.1, 0.15) is 44.0 Å². The average molecular weight is 314 g/mol. The molecule has 2 rings (SSSR count). The van der Waals surface area contributed by atoms with Crippen molar-refractivity contribution in [3.63, 3.8) is 0 Å². The molecular formula is C14H26N4O2S. The number of aromatic amines is 1. The maximum atomic E-state index is 12.6. The molecular weight excluding hydrogens is 288 g/mol. The minimum Gasteiger partial charge on any atom is -0.314 e. The summed E-state index contributed by atoms with van der Waals surface area (Å²) in [5, 5.41) is 9.79. The van der Waals surface area contributed by atoms with Crippen LogP contribution in [-0.4, -0.2) is 32.2 Å². The molecule has 3 N–H and O–H groups in total. The molecule has 7 heteroatoms. The van der Waals surface area contributed by atoms with Crippen LogP contribution in [0.25, 0.3) is 0 Å². The summed E-state index contributed by atoms with van der Waals surface area (Å²) in [5.41, 5.74) is 1.13. The maximum Gasteiger partial charge on any atom is 0.244 e. The van der Waals surface area contributed by atoms with Crippen molar-refractivity contribution in [2.24, 2.45) is 11.8 Å². The standard InChI is InChI=1S/C14H26N4O2S/c1-10-6-4-5-7-12(10)8-16-21(19,20)14-11(2)17-18-13(14)9-15-3/h10,12,15-16H,4-9H2,1-3H3,(H,17,18). The number of H-pyrrole nitrogens is 1. The lowest BCUT2D eigenvalue weighted by molar-refractivity contribution is 0.257. The maximum absolute atomic E-state index is 12.6. The van der Waals surface area contributed by atoms with Crippen LogP contribution in [0.2, 0.25) is 0 Å². The molecule has 1 aliphatic carbocycles. The van der Waals surface area contributed by atoms with Crippen molar-refractivity contribution < 1.29 is 8.42 Å². The van der Waals surface area contributed by atoms with Crippen LogP contribution in [0.3, 0.4) is 0 Å². The lowest BCUT2D eigenvalue weighted by Crippen LogP contribution is -2.34. The van der Waals surface area contributed by atoms with Gasteiger partial charge in [-0.25, -0.2) is 13.1 Å². The van der Waals surface area contributed by atoms with E-state index in [1.807, 2.05) is 0 Å². The Morgan fingerprint density at radius 2 is 2.05 bits per heavy atom. The van der Waals surface area contributed by atoms with E-state index in [2.05, 4.69) is 27.2 Å². The van der Waals surface area contributed by atoms with Gasteiger partial charge in [-0.05, 0) is 32.2 Å². The predicted octanol–water partition coefficient (Wildman–Crippen LogP) is 1.54. The Morgan fingerprint density at radius 1 is 1.33 bits per heavy atom. The van der Waals surface area contributed by atoms with Crippen LogP contribution in [-0.2, 0) is 16.6 Å². The van der Waals surface area contributed by atoms with Gasteiger partial charge in [-0.2, -0.15) is 5.10 Å². The third-order valence-electron chi connectivity index (χ3n) is 4.40. The summed E-state index contributed by atoms with van der Waals surface area (Å²) in [6.45, 7) is 4.91. The molecule has 2 atom stereocenters. The van der Waals surface area contributed by atoms with Gasteiger partial charge in [0.15, 0.2) is 0 Å². The van der Waals surface area contributed by atoms with E-state index in [1.54, 1.807) is 14.0 Å². The van der Waals surface area contributed by atoms with Gasteiger partial charge in [0.2, 0.25) is 10.0 Å². The highest BCUT2D eigenvalue weighted by atomic mass is 32.2. The van der Waals surface area contributed by atoms with Gasteiger partial charge in [0.1, 0.15) is 4.90 Å². The fraction of sp³-hybridized carbons (Fsp3) is 0.786. The number of hydrogen-bond acceptors (Lipinski definition) is 4. The van der Waals surface area contributed by atoms with Crippen molar-refractivity contribution >= 4 is 10.0 Å². The van der Waals surface area contributed by atoms with Gasteiger partial charge in [0.05, 0.1) is 11.4 Å². The Labute approximate surface area is 127 Å². The molecule has 6 nitrogen and oxygen atoms in total. The van der Waals surface area contributed by atoms with Gasteiger partial charge >= 0.3 is 0 Å². The topological polar surface area (TPSA) is 86.9 Å². The third-order valence-corrected chi connectivity index (χ3v) is 6.02. The zero-order chi connectivity index (χ0) is 15.5. The van der Waals surface area contributed by atoms with E-state index < -0.39 is 10.0 Å². The van der Waals surface area contributed by atoms with Crippen molar-refractivity contribution in [2.75, 3.05) is 13.6 Å². The first-order chi connectivity index (χ1) is 9.95. The molecule has 2 unspecified atom stereocenters. The Balaban J connectivity index is 2.09. The number of nitrogens with zero attached hydrogens (tertiary/aromatic N) is 1. The summed E-state index contributed by atoms with van der Waals surface area (Å²) >= 11 is 0. The summed E-state index contributed by atoms with van der Waals surface area (Å²) in [5.74, 6) is 1.03. The van der Waals surface area contributed by atoms with Crippen LogP contribution in [0.5, 0.6) is 0 Å². The number of aryl methyl sites for hydroxylation is 1. The number of sulfonamides is 1. The largest absolute Gasteiger partial charge is 0.314 e. The molecule has 21 heavy (non-hydrogen) atoms. The van der Waals surface area contributed by atoms with Crippen molar-refractivity contribution in [3.8, 4) is 0 Å². The normalized spacial score (nSPS) is 23.4. The molecule has 1 aromatic heterocycles. The molecule has 1 aliphatic rings. The summed E-state index contributed by atoms with van der Waals surface area (Å²) in [6.07, 6.45) is 4.77. The van der Waals surface area contributed by atoms with Gasteiger partial charge in [-0.15, -0.1) is 0 Å². The second kappa shape index (κ2) is 6.89. The first-order valence-corrected chi connectivity index (χ1v) is 9.12. The number of hydrogen-bond donors (Lipinski definition) is 3. The van der Waals surface area contributed by atoms with Gasteiger partial charge < -0.3 is 5.32 Å². The quantitative estimate of drug-likeness (QED) is 0.743. The zero-order valence-electron chi connectivity index (χ0n) is 13.1. The van der Waals surface area contributed by atoms with Crippen molar-refractivity contribution in [1.82, 2.24) is 20.2 Å². The van der Waals surface area contributed by atoms with Gasteiger partial charge in [0.25, 0.3) is 0 Å². The summed E-state index contributed by atoms with van der Waals surface area (Å²) in [7, 11) is -1.73. The highest BCUT2D eigenvalue weighted by Gasteiger charge is 2.27. The first-order valence-electron chi connectivity index (χ1n) is 7.63. The van der Waals surface area contributed by atoms with Gasteiger partial charge in [0, 0.05) is 13.1 Å². The molecule has 1 saturated carbocycles. The molecule has 120 valence electrons. The molecule has 0 aliphatic heterocycles. The van der Waals surface area contributed by atoms with Gasteiger partial charge in [-0.1, -0.05) is 26.2 Å². The molecule has 1 aromatic rings. The molecule has 0 bridgehead atoms. The molecule has 0 spiro atoms. The zero-order valence-corrected chi connectivity index (χ0v) is 13.9.